The molecule has 2 N–H and O–H groups in total. The van der Waals surface area contributed by atoms with Crippen LogP contribution < -0.4 is 5.73 Å². The average Bonchev–Trinajstić information content (AvgIpc) is 2.68. The van der Waals surface area contributed by atoms with Gasteiger partial charge in [0.15, 0.2) is 0 Å². The van der Waals surface area contributed by atoms with Gasteiger partial charge >= 0.3 is 0 Å². The molecule has 1 heterocycles. The highest BCUT2D eigenvalue weighted by Crippen LogP contribution is 2.21. The number of aromatic nitrogens is 2. The number of imidazole rings is 1. The lowest BCUT2D eigenvalue weighted by Gasteiger charge is -2.04. The predicted octanol–water partition coefficient (Wildman–Crippen LogP) is 2.46. The van der Waals surface area contributed by atoms with Crippen molar-refractivity contribution in [3.8, 4) is 11.4 Å². The molecule has 0 aliphatic heterocycles. The van der Waals surface area contributed by atoms with Crippen molar-refractivity contribution in [2.24, 2.45) is 12.8 Å². The molecule has 1 aromatic carbocycles. The van der Waals surface area contributed by atoms with Crippen molar-refractivity contribution in [3.63, 3.8) is 0 Å². The molecule has 3 nitrogen and oxygen atoms in total. The maximum Gasteiger partial charge on any atom is 0.140 e. The van der Waals surface area contributed by atoms with Crippen LogP contribution >= 0.6 is 0 Å². The van der Waals surface area contributed by atoms with Gasteiger partial charge in [0, 0.05) is 24.7 Å². The Bertz CT molecular complexity index is 523. The van der Waals surface area contributed by atoms with Gasteiger partial charge in [-0.15, -0.1) is 0 Å². The van der Waals surface area contributed by atoms with Crippen LogP contribution in [0.25, 0.3) is 11.4 Å². The number of hydrogen-bond donors (Lipinski definition) is 1. The van der Waals surface area contributed by atoms with E-state index in [1.54, 1.807) is 0 Å². The molecule has 0 aliphatic carbocycles. The number of nitrogens with zero attached hydrogens (tertiary/aromatic N) is 2. The minimum atomic E-state index is 0.645. The number of rotatable bonds is 4. The third-order valence-electron chi connectivity index (χ3n) is 3.48. The summed E-state index contributed by atoms with van der Waals surface area (Å²) in [5, 5.41) is 0. The molecule has 0 amide bonds. The van der Waals surface area contributed by atoms with E-state index >= 15 is 0 Å². The molecule has 0 atom stereocenters. The van der Waals surface area contributed by atoms with Gasteiger partial charge < -0.3 is 10.3 Å². The van der Waals surface area contributed by atoms with Crippen LogP contribution in [0.4, 0.5) is 0 Å². The summed E-state index contributed by atoms with van der Waals surface area (Å²) in [7, 11) is 2.06. The number of benzene rings is 1. The summed E-state index contributed by atoms with van der Waals surface area (Å²) in [6.07, 6.45) is 1.91. The van der Waals surface area contributed by atoms with E-state index in [4.69, 9.17) is 10.7 Å². The van der Waals surface area contributed by atoms with E-state index in [0.717, 1.165) is 24.4 Å². The second-order valence-electron chi connectivity index (χ2n) is 4.62. The Labute approximate surface area is 109 Å². The third kappa shape index (κ3) is 2.31. The first-order chi connectivity index (χ1) is 8.67. The van der Waals surface area contributed by atoms with Gasteiger partial charge in [-0.05, 0) is 25.5 Å². The van der Waals surface area contributed by atoms with Crippen LogP contribution in [0.1, 0.15) is 23.9 Å². The molecule has 2 rings (SSSR count). The fourth-order valence-corrected chi connectivity index (χ4v) is 2.16. The van der Waals surface area contributed by atoms with Crippen molar-refractivity contribution in [3.05, 3.63) is 41.2 Å². The SMILES string of the molecule is CCc1ccc(-c2nc(CCN)c(C)n2C)cc1. The normalized spacial score (nSPS) is 10.9. The molecule has 0 bridgehead atoms. The van der Waals surface area contributed by atoms with Gasteiger partial charge in [0.25, 0.3) is 0 Å². The summed E-state index contributed by atoms with van der Waals surface area (Å²) in [5.41, 5.74) is 10.4. The van der Waals surface area contributed by atoms with Crippen LogP contribution in [-0.4, -0.2) is 16.1 Å². The van der Waals surface area contributed by atoms with Crippen LogP contribution in [0.3, 0.4) is 0 Å². The molecule has 96 valence electrons. The quantitative estimate of drug-likeness (QED) is 0.896. The Morgan fingerprint density at radius 1 is 1.22 bits per heavy atom. The van der Waals surface area contributed by atoms with Gasteiger partial charge in [0.1, 0.15) is 5.82 Å². The van der Waals surface area contributed by atoms with E-state index in [9.17, 15) is 0 Å². The standard InChI is InChI=1S/C15H21N3/c1-4-12-5-7-13(8-6-12)15-17-14(9-10-16)11(2)18(15)3/h5-8H,4,9-10,16H2,1-3H3. The molecule has 0 unspecified atom stereocenters. The summed E-state index contributed by atoms with van der Waals surface area (Å²) < 4.78 is 2.14. The zero-order valence-corrected chi connectivity index (χ0v) is 11.4. The number of aryl methyl sites for hydroxylation is 1. The highest BCUT2D eigenvalue weighted by Gasteiger charge is 2.11. The van der Waals surface area contributed by atoms with Crippen molar-refractivity contribution >= 4 is 0 Å². The molecule has 3 heteroatoms. The first-order valence-electron chi connectivity index (χ1n) is 6.49. The molecule has 0 spiro atoms. The lowest BCUT2D eigenvalue weighted by molar-refractivity contribution is 0.865. The van der Waals surface area contributed by atoms with Gasteiger partial charge in [-0.2, -0.15) is 0 Å². The molecular weight excluding hydrogens is 222 g/mol. The minimum Gasteiger partial charge on any atom is -0.331 e. The number of hydrogen-bond acceptors (Lipinski definition) is 2. The highest BCUT2D eigenvalue weighted by atomic mass is 15.1. The molecule has 0 fully saturated rings. The summed E-state index contributed by atoms with van der Waals surface area (Å²) >= 11 is 0. The van der Waals surface area contributed by atoms with Crippen molar-refractivity contribution in [2.75, 3.05) is 6.54 Å². The lowest BCUT2D eigenvalue weighted by Crippen LogP contribution is -2.04. The second kappa shape index (κ2) is 5.36. The maximum absolute atomic E-state index is 5.62. The molecule has 18 heavy (non-hydrogen) atoms. The van der Waals surface area contributed by atoms with E-state index in [1.165, 1.54) is 16.8 Å². The zero-order valence-electron chi connectivity index (χ0n) is 11.4. The van der Waals surface area contributed by atoms with Crippen LogP contribution in [0.2, 0.25) is 0 Å². The molecule has 1 aromatic heterocycles. The minimum absolute atomic E-state index is 0.645. The Morgan fingerprint density at radius 3 is 2.44 bits per heavy atom. The van der Waals surface area contributed by atoms with Crippen molar-refractivity contribution in [2.45, 2.75) is 26.7 Å². The van der Waals surface area contributed by atoms with Gasteiger partial charge in [-0.3, -0.25) is 0 Å². The van der Waals surface area contributed by atoms with Crippen LogP contribution in [0, 0.1) is 6.92 Å². The Balaban J connectivity index is 2.40. The van der Waals surface area contributed by atoms with Gasteiger partial charge in [0.2, 0.25) is 0 Å². The monoisotopic (exact) mass is 243 g/mol. The fourth-order valence-electron chi connectivity index (χ4n) is 2.16. The van der Waals surface area contributed by atoms with Crippen molar-refractivity contribution in [1.82, 2.24) is 9.55 Å². The second-order valence-corrected chi connectivity index (χ2v) is 4.62. The average molecular weight is 243 g/mol. The van der Waals surface area contributed by atoms with E-state index in [-0.39, 0.29) is 0 Å². The van der Waals surface area contributed by atoms with E-state index in [2.05, 4.69) is 49.7 Å². The van der Waals surface area contributed by atoms with Gasteiger partial charge in [0.05, 0.1) is 5.69 Å². The largest absolute Gasteiger partial charge is 0.331 e. The summed E-state index contributed by atoms with van der Waals surface area (Å²) in [6.45, 7) is 4.91. The summed E-state index contributed by atoms with van der Waals surface area (Å²) in [5.74, 6) is 1.03. The van der Waals surface area contributed by atoms with Crippen molar-refractivity contribution < 1.29 is 0 Å². The molecule has 0 aliphatic rings. The van der Waals surface area contributed by atoms with E-state index in [1.807, 2.05) is 0 Å². The third-order valence-corrected chi connectivity index (χ3v) is 3.48. The van der Waals surface area contributed by atoms with Gasteiger partial charge in [-0.1, -0.05) is 31.2 Å². The van der Waals surface area contributed by atoms with Crippen molar-refractivity contribution in [1.29, 1.82) is 0 Å². The summed E-state index contributed by atoms with van der Waals surface area (Å²) in [4.78, 5) is 4.71. The Morgan fingerprint density at radius 2 is 1.89 bits per heavy atom. The molecule has 0 radical (unpaired) electrons. The topological polar surface area (TPSA) is 43.8 Å². The predicted molar refractivity (Wildman–Crippen MR) is 75.5 cm³/mol. The maximum atomic E-state index is 5.62. The van der Waals surface area contributed by atoms with E-state index < -0.39 is 0 Å². The Hall–Kier alpha value is -1.61. The lowest BCUT2D eigenvalue weighted by atomic mass is 10.1. The smallest absolute Gasteiger partial charge is 0.140 e. The highest BCUT2D eigenvalue weighted by molar-refractivity contribution is 5.57. The van der Waals surface area contributed by atoms with Crippen LogP contribution in [-0.2, 0) is 19.9 Å². The van der Waals surface area contributed by atoms with Crippen LogP contribution in [0.15, 0.2) is 24.3 Å². The summed E-state index contributed by atoms with van der Waals surface area (Å²) in [6, 6.07) is 8.63. The molecule has 2 aromatic rings. The molecular formula is C15H21N3. The van der Waals surface area contributed by atoms with Crippen LogP contribution in [0.5, 0.6) is 0 Å². The zero-order chi connectivity index (χ0) is 13.1. The molecule has 0 saturated carbocycles. The first kappa shape index (κ1) is 12.8. The molecule has 0 saturated heterocycles. The number of nitrogens with two attached hydrogens (primary N) is 1. The van der Waals surface area contributed by atoms with Gasteiger partial charge in [-0.25, -0.2) is 4.98 Å². The Kier molecular flexibility index (Phi) is 3.82. The fraction of sp³-hybridized carbons (Fsp3) is 0.400. The first-order valence-corrected chi connectivity index (χ1v) is 6.49. The van der Waals surface area contributed by atoms with E-state index in [0.29, 0.717) is 6.54 Å².